The van der Waals surface area contributed by atoms with E-state index in [-0.39, 0.29) is 0 Å². The first kappa shape index (κ1) is 16.1. The molecular formula is C17H20N4S. The Bertz CT molecular complexity index is 781. The van der Waals surface area contributed by atoms with E-state index in [1.807, 2.05) is 44.4 Å². The second-order valence-corrected chi connectivity index (χ2v) is 5.56. The fourth-order valence-corrected chi connectivity index (χ4v) is 3.11. The van der Waals surface area contributed by atoms with Gasteiger partial charge in [-0.15, -0.1) is 11.3 Å². The molecule has 0 fully saturated rings. The SMILES string of the molecule is C=C/C=C(\C=CC)c1nc(N)c2scc(C(C)=NCC)c2n1. The van der Waals surface area contributed by atoms with Gasteiger partial charge in [0, 0.05) is 28.8 Å². The van der Waals surface area contributed by atoms with Crippen molar-refractivity contribution in [2.45, 2.75) is 20.8 Å². The van der Waals surface area contributed by atoms with Crippen LogP contribution in [0.4, 0.5) is 5.82 Å². The first-order chi connectivity index (χ1) is 10.6. The van der Waals surface area contributed by atoms with Crippen molar-refractivity contribution in [3.63, 3.8) is 0 Å². The maximum Gasteiger partial charge on any atom is 0.162 e. The van der Waals surface area contributed by atoms with E-state index < -0.39 is 0 Å². The van der Waals surface area contributed by atoms with Gasteiger partial charge >= 0.3 is 0 Å². The van der Waals surface area contributed by atoms with Gasteiger partial charge in [0.25, 0.3) is 0 Å². The smallest absolute Gasteiger partial charge is 0.162 e. The van der Waals surface area contributed by atoms with Crippen LogP contribution in [0.2, 0.25) is 0 Å². The first-order valence-corrected chi connectivity index (χ1v) is 8.02. The molecule has 2 aromatic rings. The lowest BCUT2D eigenvalue weighted by molar-refractivity contribution is 1.12. The Morgan fingerprint density at radius 2 is 2.23 bits per heavy atom. The van der Waals surface area contributed by atoms with Gasteiger partial charge < -0.3 is 5.73 Å². The standard InChI is InChI=1S/C17H20N4S/c1-5-8-12(9-6-2)17-20-14-13(11(4)19-7-3)10-22-15(14)16(18)21-17/h5-6,8-10H,1,7H2,2-4H3,(H2,18,20,21)/b9-6?,12-8+,19-11?. The molecule has 114 valence electrons. The molecule has 5 heteroatoms. The predicted molar refractivity (Wildman–Crippen MR) is 97.6 cm³/mol. The monoisotopic (exact) mass is 312 g/mol. The summed E-state index contributed by atoms with van der Waals surface area (Å²) in [6.45, 7) is 10.5. The molecule has 0 atom stereocenters. The number of hydrogen-bond donors (Lipinski definition) is 1. The molecule has 4 nitrogen and oxygen atoms in total. The van der Waals surface area contributed by atoms with Crippen molar-refractivity contribution in [3.05, 3.63) is 47.7 Å². The number of nitrogen functional groups attached to an aromatic ring is 1. The molecule has 2 aromatic heterocycles. The van der Waals surface area contributed by atoms with Crippen LogP contribution in [0.1, 0.15) is 32.2 Å². The van der Waals surface area contributed by atoms with E-state index in [1.165, 1.54) is 0 Å². The van der Waals surface area contributed by atoms with Gasteiger partial charge in [0.2, 0.25) is 0 Å². The fourth-order valence-electron chi connectivity index (χ4n) is 2.16. The highest BCUT2D eigenvalue weighted by Gasteiger charge is 2.14. The van der Waals surface area contributed by atoms with Crippen LogP contribution >= 0.6 is 11.3 Å². The summed E-state index contributed by atoms with van der Waals surface area (Å²) in [7, 11) is 0. The number of nitrogens with zero attached hydrogens (tertiary/aromatic N) is 3. The average molecular weight is 312 g/mol. The van der Waals surface area contributed by atoms with Gasteiger partial charge in [-0.05, 0) is 20.8 Å². The van der Waals surface area contributed by atoms with Crippen LogP contribution in [0.3, 0.4) is 0 Å². The molecule has 2 N–H and O–H groups in total. The normalized spacial score (nSPS) is 13.2. The van der Waals surface area contributed by atoms with Crippen molar-refractivity contribution in [2.24, 2.45) is 4.99 Å². The second kappa shape index (κ2) is 7.13. The number of nitrogens with two attached hydrogens (primary N) is 1. The number of thiophene rings is 1. The molecule has 2 heterocycles. The molecule has 0 aromatic carbocycles. The minimum atomic E-state index is 0.500. The Balaban J connectivity index is 2.69. The van der Waals surface area contributed by atoms with E-state index in [4.69, 9.17) is 10.7 Å². The highest BCUT2D eigenvalue weighted by Crippen LogP contribution is 2.30. The lowest BCUT2D eigenvalue weighted by Gasteiger charge is -2.05. The zero-order chi connectivity index (χ0) is 16.1. The van der Waals surface area contributed by atoms with Gasteiger partial charge in [0.05, 0.1) is 10.2 Å². The molecular weight excluding hydrogens is 292 g/mol. The predicted octanol–water partition coefficient (Wildman–Crippen LogP) is 4.25. The molecule has 0 aliphatic rings. The van der Waals surface area contributed by atoms with Crippen molar-refractivity contribution in [2.75, 3.05) is 12.3 Å². The number of hydrogen-bond acceptors (Lipinski definition) is 5. The van der Waals surface area contributed by atoms with Gasteiger partial charge in [-0.1, -0.05) is 30.9 Å². The summed E-state index contributed by atoms with van der Waals surface area (Å²) >= 11 is 1.55. The molecule has 22 heavy (non-hydrogen) atoms. The zero-order valence-corrected chi connectivity index (χ0v) is 13.9. The minimum Gasteiger partial charge on any atom is -0.382 e. The Hall–Kier alpha value is -2.27. The summed E-state index contributed by atoms with van der Waals surface area (Å²) < 4.78 is 0.905. The number of aromatic nitrogens is 2. The molecule has 0 aliphatic carbocycles. The maximum atomic E-state index is 6.12. The Labute approximate surface area is 134 Å². The number of aliphatic imine (C=N–C) groups is 1. The Morgan fingerprint density at radius 3 is 2.86 bits per heavy atom. The van der Waals surface area contributed by atoms with Crippen LogP contribution in [-0.2, 0) is 0 Å². The van der Waals surface area contributed by atoms with E-state index in [2.05, 4.69) is 16.6 Å². The van der Waals surface area contributed by atoms with Gasteiger partial charge in [0.1, 0.15) is 5.82 Å². The zero-order valence-electron chi connectivity index (χ0n) is 13.1. The number of anilines is 1. The molecule has 2 rings (SSSR count). The fraction of sp³-hybridized carbons (Fsp3) is 0.235. The molecule has 0 amide bonds. The summed E-state index contributed by atoms with van der Waals surface area (Å²) in [4.78, 5) is 13.6. The van der Waals surface area contributed by atoms with Crippen LogP contribution in [0, 0.1) is 0 Å². The Kier molecular flexibility index (Phi) is 5.22. The number of fused-ring (bicyclic) bond motifs is 1. The molecule has 0 aliphatic heterocycles. The molecule has 0 radical (unpaired) electrons. The molecule has 0 saturated heterocycles. The topological polar surface area (TPSA) is 64.2 Å². The van der Waals surface area contributed by atoms with E-state index in [9.17, 15) is 0 Å². The Morgan fingerprint density at radius 1 is 1.45 bits per heavy atom. The van der Waals surface area contributed by atoms with Crippen molar-refractivity contribution in [1.82, 2.24) is 9.97 Å². The van der Waals surface area contributed by atoms with Crippen LogP contribution in [0.15, 0.2) is 41.3 Å². The highest BCUT2D eigenvalue weighted by molar-refractivity contribution is 7.18. The van der Waals surface area contributed by atoms with Crippen molar-refractivity contribution in [1.29, 1.82) is 0 Å². The summed E-state index contributed by atoms with van der Waals surface area (Å²) in [6.07, 6.45) is 7.48. The van der Waals surface area contributed by atoms with Crippen molar-refractivity contribution >= 4 is 38.7 Å². The molecule has 0 saturated carbocycles. The summed E-state index contributed by atoms with van der Waals surface area (Å²) in [6, 6.07) is 0. The van der Waals surface area contributed by atoms with Crippen LogP contribution in [-0.4, -0.2) is 22.2 Å². The van der Waals surface area contributed by atoms with E-state index in [0.717, 1.165) is 33.6 Å². The maximum absolute atomic E-state index is 6.12. The summed E-state index contributed by atoms with van der Waals surface area (Å²) in [5.74, 6) is 1.10. The van der Waals surface area contributed by atoms with E-state index in [0.29, 0.717) is 11.6 Å². The van der Waals surface area contributed by atoms with E-state index in [1.54, 1.807) is 17.4 Å². The minimum absolute atomic E-state index is 0.500. The van der Waals surface area contributed by atoms with Gasteiger partial charge in [-0.3, -0.25) is 4.99 Å². The van der Waals surface area contributed by atoms with Crippen LogP contribution in [0.5, 0.6) is 0 Å². The molecule has 0 spiro atoms. The third kappa shape index (κ3) is 3.14. The highest BCUT2D eigenvalue weighted by atomic mass is 32.1. The van der Waals surface area contributed by atoms with Crippen molar-refractivity contribution in [3.8, 4) is 0 Å². The van der Waals surface area contributed by atoms with E-state index >= 15 is 0 Å². The third-order valence-corrected chi connectivity index (χ3v) is 4.12. The lowest BCUT2D eigenvalue weighted by atomic mass is 10.1. The first-order valence-electron chi connectivity index (χ1n) is 7.14. The molecule has 0 unspecified atom stereocenters. The average Bonchev–Trinajstić information content (AvgIpc) is 2.91. The quantitative estimate of drug-likeness (QED) is 0.663. The largest absolute Gasteiger partial charge is 0.382 e. The second-order valence-electron chi connectivity index (χ2n) is 4.68. The number of rotatable bonds is 5. The number of allylic oxidation sites excluding steroid dienone is 5. The van der Waals surface area contributed by atoms with Gasteiger partial charge in [-0.2, -0.15) is 0 Å². The van der Waals surface area contributed by atoms with Crippen LogP contribution < -0.4 is 5.73 Å². The van der Waals surface area contributed by atoms with Crippen molar-refractivity contribution < 1.29 is 0 Å². The molecule has 0 bridgehead atoms. The summed E-state index contributed by atoms with van der Waals surface area (Å²) in [5.41, 5.74) is 9.86. The van der Waals surface area contributed by atoms with Gasteiger partial charge in [-0.25, -0.2) is 9.97 Å². The summed E-state index contributed by atoms with van der Waals surface area (Å²) in [5, 5.41) is 2.04. The van der Waals surface area contributed by atoms with Gasteiger partial charge in [0.15, 0.2) is 5.82 Å². The van der Waals surface area contributed by atoms with Crippen LogP contribution in [0.25, 0.3) is 15.8 Å². The lowest BCUT2D eigenvalue weighted by Crippen LogP contribution is -2.01. The third-order valence-electron chi connectivity index (χ3n) is 3.13.